The summed E-state index contributed by atoms with van der Waals surface area (Å²) in [5, 5.41) is 15.8. The Bertz CT molecular complexity index is 2740. The summed E-state index contributed by atoms with van der Waals surface area (Å²) >= 11 is 0. The third kappa shape index (κ3) is 4.19. The minimum atomic E-state index is -2.62. The average Bonchev–Trinajstić information content (AvgIpc) is 3.52. The Kier molecular flexibility index (Phi) is 6.58. The van der Waals surface area contributed by atoms with E-state index in [0.29, 0.717) is 0 Å². The zero-order chi connectivity index (χ0) is 33.1. The van der Waals surface area contributed by atoms with Crippen molar-refractivity contribution in [1.82, 2.24) is 4.57 Å². The summed E-state index contributed by atoms with van der Waals surface area (Å²) in [7, 11) is -2.62. The van der Waals surface area contributed by atoms with Crippen LogP contribution in [0.5, 0.6) is 0 Å². The Morgan fingerprint density at radius 3 is 1.14 bits per heavy atom. The molecule has 0 spiro atoms. The first kappa shape index (κ1) is 28.8. The minimum absolute atomic E-state index is 1.17. The second-order valence-corrected chi connectivity index (χ2v) is 17.1. The summed E-state index contributed by atoms with van der Waals surface area (Å²) in [4.78, 5) is 0. The fourth-order valence-electron chi connectivity index (χ4n) is 8.57. The standard InChI is InChI=1S/C48H33NSi/c1-4-16-35(17-5-1)50(36-18-6-2-7-19-36,37-20-8-3-9-21-37)38-30-28-34(29-31-38)49-47-27-15-14-26-43(47)46-32-44-41-24-12-10-22-39(41)40-23-11-13-25-42(40)45(44)33-48(46)49/h1-33H. The van der Waals surface area contributed by atoms with E-state index >= 15 is 0 Å². The van der Waals surface area contributed by atoms with E-state index in [4.69, 9.17) is 0 Å². The van der Waals surface area contributed by atoms with Crippen LogP contribution in [-0.4, -0.2) is 12.6 Å². The minimum Gasteiger partial charge on any atom is -0.309 e. The third-order valence-corrected chi connectivity index (χ3v) is 15.5. The Morgan fingerprint density at radius 2 is 0.640 bits per heavy atom. The van der Waals surface area contributed by atoms with Gasteiger partial charge in [-0.3, -0.25) is 0 Å². The molecule has 1 nitrogen and oxygen atoms in total. The lowest BCUT2D eigenvalue weighted by atomic mass is 9.93. The predicted octanol–water partition coefficient (Wildman–Crippen LogP) is 9.62. The van der Waals surface area contributed by atoms with Crippen molar-refractivity contribution in [3.05, 3.63) is 200 Å². The fraction of sp³-hybridized carbons (Fsp3) is 0. The average molecular weight is 652 g/mol. The van der Waals surface area contributed by atoms with Crippen LogP contribution in [0.4, 0.5) is 0 Å². The van der Waals surface area contributed by atoms with E-state index in [2.05, 4.69) is 205 Å². The number of rotatable bonds is 5. The first-order valence-corrected chi connectivity index (χ1v) is 19.4. The van der Waals surface area contributed by atoms with Gasteiger partial charge in [0.05, 0.1) is 11.0 Å². The molecule has 0 bridgehead atoms. The van der Waals surface area contributed by atoms with Gasteiger partial charge in [0.1, 0.15) is 0 Å². The molecule has 9 aromatic carbocycles. The summed E-state index contributed by atoms with van der Waals surface area (Å²) in [6.45, 7) is 0. The number of benzene rings is 9. The van der Waals surface area contributed by atoms with E-state index in [1.807, 2.05) is 0 Å². The van der Waals surface area contributed by atoms with Gasteiger partial charge in [-0.25, -0.2) is 0 Å². The molecule has 1 heterocycles. The van der Waals surface area contributed by atoms with Crippen LogP contribution in [0, 0.1) is 0 Å². The second-order valence-electron chi connectivity index (χ2n) is 13.3. The zero-order valence-corrected chi connectivity index (χ0v) is 28.5. The maximum Gasteiger partial charge on any atom is 0.179 e. The lowest BCUT2D eigenvalue weighted by Crippen LogP contribution is -2.74. The summed E-state index contributed by atoms with van der Waals surface area (Å²) in [5.41, 5.74) is 3.61. The van der Waals surface area contributed by atoms with E-state index in [9.17, 15) is 0 Å². The second kappa shape index (κ2) is 11.4. The molecule has 50 heavy (non-hydrogen) atoms. The first-order valence-electron chi connectivity index (χ1n) is 17.4. The number of para-hydroxylation sites is 1. The molecule has 0 N–H and O–H groups in total. The van der Waals surface area contributed by atoms with Gasteiger partial charge in [0.25, 0.3) is 0 Å². The molecule has 0 amide bonds. The van der Waals surface area contributed by atoms with Crippen molar-refractivity contribution in [2.75, 3.05) is 0 Å². The van der Waals surface area contributed by atoms with Crippen LogP contribution in [0.2, 0.25) is 0 Å². The molecule has 0 unspecified atom stereocenters. The lowest BCUT2D eigenvalue weighted by molar-refractivity contribution is 1.18. The van der Waals surface area contributed by atoms with Crippen LogP contribution in [0.15, 0.2) is 200 Å². The number of nitrogens with zero attached hydrogens (tertiary/aromatic N) is 1. The van der Waals surface area contributed by atoms with E-state index in [1.54, 1.807) is 0 Å². The largest absolute Gasteiger partial charge is 0.309 e. The van der Waals surface area contributed by atoms with Crippen LogP contribution in [0.1, 0.15) is 0 Å². The van der Waals surface area contributed by atoms with Gasteiger partial charge in [0.15, 0.2) is 8.07 Å². The fourth-order valence-corrected chi connectivity index (χ4v) is 13.3. The Balaban J connectivity index is 1.25. The highest BCUT2D eigenvalue weighted by molar-refractivity contribution is 7.19. The van der Waals surface area contributed by atoms with Crippen molar-refractivity contribution in [2.24, 2.45) is 0 Å². The summed E-state index contributed by atoms with van der Waals surface area (Å²) in [6.07, 6.45) is 0. The SMILES string of the molecule is c1ccc([Si](c2ccccc2)(c2ccccc2)c2ccc(-n3c4ccccc4c4cc5c6ccccc6c6ccccc6c5cc43)cc2)cc1. The molecule has 0 saturated carbocycles. The molecule has 2 heteroatoms. The van der Waals surface area contributed by atoms with Crippen molar-refractivity contribution in [2.45, 2.75) is 0 Å². The van der Waals surface area contributed by atoms with E-state index in [-0.39, 0.29) is 0 Å². The zero-order valence-electron chi connectivity index (χ0n) is 27.5. The number of hydrogen-bond acceptors (Lipinski definition) is 0. The predicted molar refractivity (Wildman–Crippen MR) is 217 cm³/mol. The highest BCUT2D eigenvalue weighted by atomic mass is 28.3. The summed E-state index contributed by atoms with van der Waals surface area (Å²) in [5.74, 6) is 0. The van der Waals surface area contributed by atoms with Gasteiger partial charge < -0.3 is 4.57 Å². The van der Waals surface area contributed by atoms with Gasteiger partial charge >= 0.3 is 0 Å². The van der Waals surface area contributed by atoms with E-state index in [0.717, 1.165) is 0 Å². The molecule has 0 radical (unpaired) electrons. The molecule has 0 saturated heterocycles. The topological polar surface area (TPSA) is 4.93 Å². The van der Waals surface area contributed by atoms with Gasteiger partial charge in [-0.05, 0) is 83.4 Å². The van der Waals surface area contributed by atoms with Crippen LogP contribution in [-0.2, 0) is 0 Å². The molecule has 10 rings (SSSR count). The van der Waals surface area contributed by atoms with Crippen LogP contribution < -0.4 is 20.7 Å². The van der Waals surface area contributed by atoms with Crippen LogP contribution >= 0.6 is 0 Å². The molecule has 0 aliphatic rings. The molecule has 0 atom stereocenters. The third-order valence-electron chi connectivity index (χ3n) is 10.7. The lowest BCUT2D eigenvalue weighted by Gasteiger charge is -2.34. The van der Waals surface area contributed by atoms with Gasteiger partial charge in [-0.15, -0.1) is 0 Å². The normalized spacial score (nSPS) is 12.0. The van der Waals surface area contributed by atoms with Gasteiger partial charge in [0, 0.05) is 16.5 Å². The Labute approximate surface area is 292 Å². The quantitative estimate of drug-likeness (QED) is 0.0993. The van der Waals surface area contributed by atoms with Crippen LogP contribution in [0.25, 0.3) is 59.8 Å². The molecule has 0 aliphatic carbocycles. The molecule has 0 aliphatic heterocycles. The van der Waals surface area contributed by atoms with Gasteiger partial charge in [-0.1, -0.05) is 170 Å². The molecular formula is C48H33NSi. The van der Waals surface area contributed by atoms with Crippen molar-refractivity contribution >= 4 is 82.9 Å². The molecule has 1 aromatic heterocycles. The monoisotopic (exact) mass is 651 g/mol. The highest BCUT2D eigenvalue weighted by Gasteiger charge is 2.41. The molecular weight excluding hydrogens is 619 g/mol. The van der Waals surface area contributed by atoms with E-state index in [1.165, 1.54) is 80.6 Å². The van der Waals surface area contributed by atoms with Crippen molar-refractivity contribution in [1.29, 1.82) is 0 Å². The highest BCUT2D eigenvalue weighted by Crippen LogP contribution is 2.40. The van der Waals surface area contributed by atoms with Gasteiger partial charge in [-0.2, -0.15) is 0 Å². The maximum atomic E-state index is 2.47. The first-order chi connectivity index (χ1) is 24.8. The van der Waals surface area contributed by atoms with Crippen LogP contribution in [0.3, 0.4) is 0 Å². The maximum absolute atomic E-state index is 2.62. The summed E-state index contributed by atoms with van der Waals surface area (Å²) < 4.78 is 2.47. The Hall–Kier alpha value is -6.22. The van der Waals surface area contributed by atoms with Crippen molar-refractivity contribution in [3.8, 4) is 5.69 Å². The van der Waals surface area contributed by atoms with Gasteiger partial charge in [0.2, 0.25) is 0 Å². The summed E-state index contributed by atoms with van der Waals surface area (Å²) in [6, 6.07) is 74.4. The number of aromatic nitrogens is 1. The molecule has 234 valence electrons. The molecule has 0 fully saturated rings. The van der Waals surface area contributed by atoms with Crippen molar-refractivity contribution < 1.29 is 0 Å². The Morgan fingerprint density at radius 1 is 0.260 bits per heavy atom. The van der Waals surface area contributed by atoms with Crippen molar-refractivity contribution in [3.63, 3.8) is 0 Å². The number of hydrogen-bond donors (Lipinski definition) is 0. The molecule has 10 aromatic rings. The van der Waals surface area contributed by atoms with E-state index < -0.39 is 8.07 Å². The smallest absolute Gasteiger partial charge is 0.179 e. The number of fused-ring (bicyclic) bond motifs is 9.